The van der Waals surface area contributed by atoms with Crippen molar-refractivity contribution in [1.29, 1.82) is 0 Å². The van der Waals surface area contributed by atoms with Gasteiger partial charge in [-0.25, -0.2) is 4.79 Å². The Labute approximate surface area is 215 Å². The standard InChI is InChI=1S/C26H22BrN3O6/c1-2-35-23-14-19(12-21(27)24(23)36-16-18-8-10-20(11-9-18)30(33)34)13-22-25(31)29(26(32)28-22)15-17-6-4-3-5-7-17/h3-14H,2,15-16H2,1H3,(H,28,32)/b22-13+. The Morgan fingerprint density at radius 3 is 2.42 bits per heavy atom. The molecule has 36 heavy (non-hydrogen) atoms. The maximum atomic E-state index is 12.9. The van der Waals surface area contributed by atoms with Crippen LogP contribution in [-0.2, 0) is 17.9 Å². The largest absolute Gasteiger partial charge is 0.490 e. The van der Waals surface area contributed by atoms with Gasteiger partial charge in [-0.3, -0.25) is 19.8 Å². The lowest BCUT2D eigenvalue weighted by atomic mass is 10.1. The van der Waals surface area contributed by atoms with E-state index in [0.29, 0.717) is 28.1 Å². The number of nitro benzene ring substituents is 1. The number of ether oxygens (including phenoxy) is 2. The monoisotopic (exact) mass is 551 g/mol. The van der Waals surface area contributed by atoms with Gasteiger partial charge >= 0.3 is 6.03 Å². The number of hydrogen-bond acceptors (Lipinski definition) is 6. The highest BCUT2D eigenvalue weighted by molar-refractivity contribution is 9.10. The number of amides is 3. The zero-order valence-corrected chi connectivity index (χ0v) is 20.9. The highest BCUT2D eigenvalue weighted by Gasteiger charge is 2.33. The van der Waals surface area contributed by atoms with Gasteiger partial charge in [0.1, 0.15) is 12.3 Å². The second-order valence-electron chi connectivity index (χ2n) is 7.84. The number of hydrogen-bond donors (Lipinski definition) is 1. The fourth-order valence-corrected chi connectivity index (χ4v) is 4.17. The minimum absolute atomic E-state index is 0.00297. The van der Waals surface area contributed by atoms with E-state index in [-0.39, 0.29) is 24.5 Å². The summed E-state index contributed by atoms with van der Waals surface area (Å²) in [6, 6.07) is 18.3. The van der Waals surface area contributed by atoms with Crippen LogP contribution in [-0.4, -0.2) is 28.4 Å². The molecule has 0 spiro atoms. The molecule has 9 nitrogen and oxygen atoms in total. The first-order valence-corrected chi connectivity index (χ1v) is 11.9. The van der Waals surface area contributed by atoms with E-state index in [2.05, 4.69) is 21.2 Å². The summed E-state index contributed by atoms with van der Waals surface area (Å²) < 4.78 is 12.3. The number of halogens is 1. The van der Waals surface area contributed by atoms with Crippen molar-refractivity contribution in [3.63, 3.8) is 0 Å². The van der Waals surface area contributed by atoms with Gasteiger partial charge in [0, 0.05) is 12.1 Å². The number of carbonyl (C=O) groups excluding carboxylic acids is 2. The summed E-state index contributed by atoms with van der Waals surface area (Å²) in [7, 11) is 0. The van der Waals surface area contributed by atoms with Crippen LogP contribution in [0.25, 0.3) is 6.08 Å². The summed E-state index contributed by atoms with van der Waals surface area (Å²) in [6.07, 6.45) is 1.58. The Hall–Kier alpha value is -4.18. The first-order valence-electron chi connectivity index (χ1n) is 11.1. The highest BCUT2D eigenvalue weighted by atomic mass is 79.9. The van der Waals surface area contributed by atoms with E-state index in [0.717, 1.165) is 16.0 Å². The fraction of sp³-hybridized carbons (Fsp3) is 0.154. The summed E-state index contributed by atoms with van der Waals surface area (Å²) in [5.41, 5.74) is 2.38. The summed E-state index contributed by atoms with van der Waals surface area (Å²) in [5.74, 6) is 0.472. The predicted octanol–water partition coefficient (Wildman–Crippen LogP) is 5.43. The van der Waals surface area contributed by atoms with Gasteiger partial charge in [0.05, 0.1) is 22.5 Å². The molecule has 1 fully saturated rings. The van der Waals surface area contributed by atoms with Gasteiger partial charge in [0.2, 0.25) is 0 Å². The summed E-state index contributed by atoms with van der Waals surface area (Å²) in [6.45, 7) is 2.55. The smallest absolute Gasteiger partial charge is 0.329 e. The molecule has 4 rings (SSSR count). The molecule has 1 N–H and O–H groups in total. The van der Waals surface area contributed by atoms with E-state index >= 15 is 0 Å². The van der Waals surface area contributed by atoms with Crippen molar-refractivity contribution in [1.82, 2.24) is 10.2 Å². The van der Waals surface area contributed by atoms with Crippen LogP contribution in [0.3, 0.4) is 0 Å². The molecule has 1 saturated heterocycles. The maximum Gasteiger partial charge on any atom is 0.329 e. The quantitative estimate of drug-likeness (QED) is 0.164. The first-order chi connectivity index (χ1) is 17.4. The van der Waals surface area contributed by atoms with Crippen LogP contribution in [0.15, 0.2) is 76.9 Å². The Kier molecular flexibility index (Phi) is 7.65. The molecule has 0 radical (unpaired) electrons. The number of rotatable bonds is 9. The molecular weight excluding hydrogens is 530 g/mol. The molecule has 0 atom stereocenters. The van der Waals surface area contributed by atoms with Crippen molar-refractivity contribution in [3.8, 4) is 11.5 Å². The lowest BCUT2D eigenvalue weighted by molar-refractivity contribution is -0.384. The molecule has 0 aliphatic carbocycles. The predicted molar refractivity (Wildman–Crippen MR) is 136 cm³/mol. The SMILES string of the molecule is CCOc1cc(/C=C2/NC(=O)N(Cc3ccccc3)C2=O)cc(Br)c1OCc1ccc([N+](=O)[O-])cc1. The third-order valence-electron chi connectivity index (χ3n) is 5.32. The molecule has 0 bridgehead atoms. The Morgan fingerprint density at radius 1 is 1.03 bits per heavy atom. The Morgan fingerprint density at radius 2 is 1.75 bits per heavy atom. The van der Waals surface area contributed by atoms with Crippen molar-refractivity contribution in [3.05, 3.63) is 104 Å². The van der Waals surface area contributed by atoms with Crippen LogP contribution < -0.4 is 14.8 Å². The third-order valence-corrected chi connectivity index (χ3v) is 5.91. The first kappa shape index (κ1) is 24.9. The van der Waals surface area contributed by atoms with Gasteiger partial charge in [-0.1, -0.05) is 30.3 Å². The normalized spacial score (nSPS) is 14.2. The van der Waals surface area contributed by atoms with Gasteiger partial charge < -0.3 is 14.8 Å². The number of nitrogens with zero attached hydrogens (tertiary/aromatic N) is 2. The van der Waals surface area contributed by atoms with Crippen LogP contribution >= 0.6 is 15.9 Å². The Bertz CT molecular complexity index is 1330. The van der Waals surface area contributed by atoms with E-state index in [1.54, 1.807) is 30.3 Å². The average Bonchev–Trinajstić information content (AvgIpc) is 3.12. The summed E-state index contributed by atoms with van der Waals surface area (Å²) >= 11 is 3.50. The molecule has 184 valence electrons. The number of non-ortho nitro benzene ring substituents is 1. The van der Waals surface area contributed by atoms with E-state index in [4.69, 9.17) is 9.47 Å². The average molecular weight is 552 g/mol. The van der Waals surface area contributed by atoms with Crippen LogP contribution in [0.2, 0.25) is 0 Å². The molecule has 3 amide bonds. The second-order valence-corrected chi connectivity index (χ2v) is 8.69. The van der Waals surface area contributed by atoms with Gasteiger partial charge in [-0.2, -0.15) is 0 Å². The van der Waals surface area contributed by atoms with Gasteiger partial charge in [0.25, 0.3) is 11.6 Å². The second kappa shape index (κ2) is 11.0. The van der Waals surface area contributed by atoms with Crippen LogP contribution in [0.5, 0.6) is 11.5 Å². The van der Waals surface area contributed by atoms with Crippen molar-refractivity contribution >= 4 is 39.6 Å². The molecule has 3 aromatic carbocycles. The Balaban J connectivity index is 1.53. The molecular formula is C26H22BrN3O6. The minimum atomic E-state index is -0.484. The topological polar surface area (TPSA) is 111 Å². The minimum Gasteiger partial charge on any atom is -0.490 e. The van der Waals surface area contributed by atoms with E-state index in [1.807, 2.05) is 37.3 Å². The lowest BCUT2D eigenvalue weighted by Gasteiger charge is -2.15. The molecule has 10 heteroatoms. The van der Waals surface area contributed by atoms with Crippen molar-refractivity contribution in [2.24, 2.45) is 0 Å². The van der Waals surface area contributed by atoms with E-state index < -0.39 is 16.9 Å². The van der Waals surface area contributed by atoms with Crippen molar-refractivity contribution < 1.29 is 24.0 Å². The number of benzene rings is 3. The van der Waals surface area contributed by atoms with Gasteiger partial charge in [0.15, 0.2) is 11.5 Å². The summed E-state index contributed by atoms with van der Waals surface area (Å²) in [4.78, 5) is 36.8. The zero-order valence-electron chi connectivity index (χ0n) is 19.3. The molecule has 1 heterocycles. The molecule has 0 unspecified atom stereocenters. The maximum absolute atomic E-state index is 12.9. The van der Waals surface area contributed by atoms with Crippen LogP contribution in [0, 0.1) is 10.1 Å². The number of imide groups is 1. The zero-order chi connectivity index (χ0) is 25.7. The molecule has 1 aliphatic heterocycles. The number of nitrogens with one attached hydrogen (secondary N) is 1. The fourth-order valence-electron chi connectivity index (χ4n) is 3.59. The molecule has 3 aromatic rings. The van der Waals surface area contributed by atoms with Gasteiger partial charge in [-0.05, 0) is 69.9 Å². The highest BCUT2D eigenvalue weighted by Crippen LogP contribution is 2.38. The molecule has 1 aliphatic rings. The number of nitro groups is 1. The van der Waals surface area contributed by atoms with E-state index in [1.165, 1.54) is 12.1 Å². The van der Waals surface area contributed by atoms with Gasteiger partial charge in [-0.15, -0.1) is 0 Å². The lowest BCUT2D eigenvalue weighted by Crippen LogP contribution is -2.30. The molecule has 0 aromatic heterocycles. The molecule has 0 saturated carbocycles. The van der Waals surface area contributed by atoms with Crippen LogP contribution in [0.1, 0.15) is 23.6 Å². The number of urea groups is 1. The third kappa shape index (κ3) is 5.72. The van der Waals surface area contributed by atoms with E-state index in [9.17, 15) is 19.7 Å². The van der Waals surface area contributed by atoms with Crippen molar-refractivity contribution in [2.45, 2.75) is 20.1 Å². The van der Waals surface area contributed by atoms with Crippen LogP contribution in [0.4, 0.5) is 10.5 Å². The summed E-state index contributed by atoms with van der Waals surface area (Å²) in [5, 5.41) is 13.5. The van der Waals surface area contributed by atoms with Crippen molar-refractivity contribution in [2.75, 3.05) is 6.61 Å². The number of carbonyl (C=O) groups is 2.